The molecule has 2 aliphatic rings. The van der Waals surface area contributed by atoms with Gasteiger partial charge in [-0.1, -0.05) is 36.4 Å². The van der Waals surface area contributed by atoms with Crippen molar-refractivity contribution >= 4 is 22.5 Å². The summed E-state index contributed by atoms with van der Waals surface area (Å²) in [4.78, 5) is 16.7. The molecule has 2 atom stereocenters. The second-order valence-corrected chi connectivity index (χ2v) is 6.86. The van der Waals surface area contributed by atoms with Crippen LogP contribution in [0.5, 0.6) is 0 Å². The number of hydrogen-bond donors (Lipinski definition) is 3. The largest absolute Gasteiger partial charge is 0.356 e. The minimum atomic E-state index is -0.832. The Morgan fingerprint density at radius 3 is 2.79 bits per heavy atom. The molecular formula is C20H19N3O. The van der Waals surface area contributed by atoms with Gasteiger partial charge in [0.2, 0.25) is 0 Å². The average Bonchev–Trinajstić information content (AvgIpc) is 3.04. The Kier molecular flexibility index (Phi) is 2.71. The lowest BCUT2D eigenvalue weighted by Gasteiger charge is -2.30. The van der Waals surface area contributed by atoms with Crippen LogP contribution in [-0.4, -0.2) is 16.9 Å². The molecule has 0 saturated heterocycles. The smallest absolute Gasteiger partial charge is 0.255 e. The van der Waals surface area contributed by atoms with Gasteiger partial charge in [-0.05, 0) is 37.5 Å². The second kappa shape index (κ2) is 4.71. The van der Waals surface area contributed by atoms with Gasteiger partial charge in [0.15, 0.2) is 5.54 Å². The fourth-order valence-corrected chi connectivity index (χ4v) is 4.30. The van der Waals surface area contributed by atoms with Crippen molar-refractivity contribution in [3.63, 3.8) is 0 Å². The zero-order valence-corrected chi connectivity index (χ0v) is 13.5. The molecule has 2 aliphatic heterocycles. The van der Waals surface area contributed by atoms with E-state index >= 15 is 0 Å². The molecule has 4 nitrogen and oxygen atoms in total. The number of hydrogen-bond acceptors (Lipinski definition) is 2. The lowest BCUT2D eigenvalue weighted by atomic mass is 9.85. The number of H-pyrrole nitrogens is 1. The highest BCUT2D eigenvalue weighted by Crippen LogP contribution is 2.45. The Balaban J connectivity index is 1.88. The summed E-state index contributed by atoms with van der Waals surface area (Å²) < 4.78 is 0. The molecule has 1 aromatic heterocycles. The van der Waals surface area contributed by atoms with E-state index in [0.29, 0.717) is 0 Å². The van der Waals surface area contributed by atoms with Crippen molar-refractivity contribution in [1.29, 1.82) is 0 Å². The first kappa shape index (κ1) is 13.8. The zero-order chi connectivity index (χ0) is 16.3. The summed E-state index contributed by atoms with van der Waals surface area (Å²) in [5.41, 5.74) is 4.42. The van der Waals surface area contributed by atoms with Gasteiger partial charge in [-0.15, -0.1) is 0 Å². The van der Waals surface area contributed by atoms with Crippen molar-refractivity contribution in [1.82, 2.24) is 10.3 Å². The maximum atomic E-state index is 13.2. The van der Waals surface area contributed by atoms with E-state index in [1.54, 1.807) is 0 Å². The summed E-state index contributed by atoms with van der Waals surface area (Å²) in [6.45, 7) is 2.16. The van der Waals surface area contributed by atoms with Crippen LogP contribution in [0.25, 0.3) is 10.9 Å². The number of fused-ring (bicyclic) bond motifs is 6. The van der Waals surface area contributed by atoms with Crippen LogP contribution in [-0.2, 0) is 16.8 Å². The third kappa shape index (κ3) is 1.64. The molecule has 1 amide bonds. The van der Waals surface area contributed by atoms with E-state index in [1.807, 2.05) is 30.3 Å². The van der Waals surface area contributed by atoms with Gasteiger partial charge < -0.3 is 10.3 Å². The summed E-state index contributed by atoms with van der Waals surface area (Å²) in [5, 5.41) is 7.93. The first-order valence-corrected chi connectivity index (χ1v) is 8.49. The lowest BCUT2D eigenvalue weighted by molar-refractivity contribution is -0.120. The third-order valence-electron chi connectivity index (χ3n) is 5.40. The molecule has 24 heavy (non-hydrogen) atoms. The molecular weight excluding hydrogens is 298 g/mol. The van der Waals surface area contributed by atoms with Crippen molar-refractivity contribution < 1.29 is 4.79 Å². The van der Waals surface area contributed by atoms with Crippen molar-refractivity contribution in [2.24, 2.45) is 0 Å². The molecule has 120 valence electrons. The van der Waals surface area contributed by atoms with E-state index in [0.717, 1.165) is 35.3 Å². The minimum absolute atomic E-state index is 0.00487. The Hall–Kier alpha value is -2.59. The summed E-state index contributed by atoms with van der Waals surface area (Å²) >= 11 is 0. The van der Waals surface area contributed by atoms with Gasteiger partial charge in [0.05, 0.1) is 5.69 Å². The monoisotopic (exact) mass is 317 g/mol. The van der Waals surface area contributed by atoms with Gasteiger partial charge in [0, 0.05) is 28.2 Å². The second-order valence-electron chi connectivity index (χ2n) is 6.86. The summed E-state index contributed by atoms with van der Waals surface area (Å²) in [6.07, 6.45) is 1.97. The number of carbonyl (C=O) groups is 1. The molecule has 1 spiro atoms. The molecule has 0 saturated carbocycles. The zero-order valence-electron chi connectivity index (χ0n) is 13.5. The molecule has 0 aliphatic carbocycles. The minimum Gasteiger partial charge on any atom is -0.356 e. The van der Waals surface area contributed by atoms with Crippen molar-refractivity contribution in [2.75, 3.05) is 5.32 Å². The number of aromatic nitrogens is 1. The maximum Gasteiger partial charge on any atom is 0.255 e. The van der Waals surface area contributed by atoms with Crippen LogP contribution in [0.1, 0.15) is 30.2 Å². The van der Waals surface area contributed by atoms with Gasteiger partial charge in [-0.3, -0.25) is 10.1 Å². The SMILES string of the molecule is C[C@@H]1CCc2c([nH]c3ccccc23)[C@]2(N1)C(=O)Nc1ccccc12. The van der Waals surface area contributed by atoms with E-state index in [-0.39, 0.29) is 11.9 Å². The number of aromatic amines is 1. The number of carbonyl (C=O) groups excluding carboxylic acids is 1. The number of nitrogens with one attached hydrogen (secondary N) is 3. The van der Waals surface area contributed by atoms with Gasteiger partial charge >= 0.3 is 0 Å². The van der Waals surface area contributed by atoms with Gasteiger partial charge in [0.1, 0.15) is 0 Å². The molecule has 0 unspecified atom stereocenters. The molecule has 5 rings (SSSR count). The van der Waals surface area contributed by atoms with Gasteiger partial charge in [-0.2, -0.15) is 0 Å². The number of anilines is 1. The number of benzene rings is 2. The Bertz CT molecular complexity index is 974. The fraction of sp³-hybridized carbons (Fsp3) is 0.250. The van der Waals surface area contributed by atoms with Gasteiger partial charge in [0.25, 0.3) is 5.91 Å². The van der Waals surface area contributed by atoms with Crippen LogP contribution < -0.4 is 10.6 Å². The predicted octanol–water partition coefficient (Wildman–Crippen LogP) is 3.29. The highest BCUT2D eigenvalue weighted by molar-refractivity contribution is 6.09. The van der Waals surface area contributed by atoms with Crippen LogP contribution in [0.3, 0.4) is 0 Å². The van der Waals surface area contributed by atoms with E-state index in [4.69, 9.17) is 0 Å². The average molecular weight is 317 g/mol. The predicted molar refractivity (Wildman–Crippen MR) is 95.1 cm³/mol. The quantitative estimate of drug-likeness (QED) is 0.596. The first-order valence-electron chi connectivity index (χ1n) is 8.49. The normalized spacial score (nSPS) is 25.4. The Labute approximate surface area is 140 Å². The number of aryl methyl sites for hydroxylation is 1. The van der Waals surface area contributed by atoms with Crippen LogP contribution in [0.15, 0.2) is 48.5 Å². The van der Waals surface area contributed by atoms with E-state index in [1.165, 1.54) is 10.9 Å². The molecule has 3 heterocycles. The highest BCUT2D eigenvalue weighted by Gasteiger charge is 2.52. The molecule has 3 N–H and O–H groups in total. The molecule has 0 bridgehead atoms. The molecule has 2 aromatic carbocycles. The van der Waals surface area contributed by atoms with Crippen LogP contribution in [0.4, 0.5) is 5.69 Å². The lowest BCUT2D eigenvalue weighted by Crippen LogP contribution is -2.52. The van der Waals surface area contributed by atoms with E-state index in [9.17, 15) is 4.79 Å². The summed E-state index contributed by atoms with van der Waals surface area (Å²) in [6, 6.07) is 16.6. The Morgan fingerprint density at radius 2 is 1.88 bits per heavy atom. The van der Waals surface area contributed by atoms with Crippen LogP contribution >= 0.6 is 0 Å². The van der Waals surface area contributed by atoms with Crippen molar-refractivity contribution in [2.45, 2.75) is 31.3 Å². The fourth-order valence-electron chi connectivity index (χ4n) is 4.30. The standard InChI is InChI=1S/C20H19N3O/c1-12-10-11-14-13-6-2-4-8-16(13)21-18(14)20(23-12)15-7-3-5-9-17(15)22-19(20)24/h2-9,12,21,23H,10-11H2,1H3,(H,22,24)/t12-,20+/m1/s1. The molecule has 0 radical (unpaired) electrons. The summed E-state index contributed by atoms with van der Waals surface area (Å²) in [7, 11) is 0. The number of para-hydroxylation sites is 2. The number of rotatable bonds is 0. The summed E-state index contributed by atoms with van der Waals surface area (Å²) in [5.74, 6) is 0.00487. The van der Waals surface area contributed by atoms with Crippen LogP contribution in [0, 0.1) is 0 Å². The van der Waals surface area contributed by atoms with E-state index in [2.05, 4.69) is 40.7 Å². The Morgan fingerprint density at radius 1 is 1.08 bits per heavy atom. The highest BCUT2D eigenvalue weighted by atomic mass is 16.2. The maximum absolute atomic E-state index is 13.2. The molecule has 3 aromatic rings. The van der Waals surface area contributed by atoms with Gasteiger partial charge in [-0.25, -0.2) is 0 Å². The molecule has 4 heteroatoms. The van der Waals surface area contributed by atoms with Crippen molar-refractivity contribution in [3.8, 4) is 0 Å². The van der Waals surface area contributed by atoms with Crippen molar-refractivity contribution in [3.05, 3.63) is 65.4 Å². The molecule has 0 fully saturated rings. The third-order valence-corrected chi connectivity index (χ3v) is 5.40. The van der Waals surface area contributed by atoms with Crippen LogP contribution in [0.2, 0.25) is 0 Å². The topological polar surface area (TPSA) is 56.9 Å². The van der Waals surface area contributed by atoms with E-state index < -0.39 is 5.54 Å². The number of amides is 1. The first-order chi connectivity index (χ1) is 11.7.